The van der Waals surface area contributed by atoms with E-state index in [9.17, 15) is 4.79 Å². The van der Waals surface area contributed by atoms with Crippen LogP contribution >= 0.6 is 0 Å². The van der Waals surface area contributed by atoms with E-state index in [1.807, 2.05) is 0 Å². The fourth-order valence-corrected chi connectivity index (χ4v) is 0.948. The predicted molar refractivity (Wildman–Crippen MR) is 52.1 cm³/mol. The highest BCUT2D eigenvalue weighted by atomic mass is 16.5. The summed E-state index contributed by atoms with van der Waals surface area (Å²) >= 11 is 0. The lowest BCUT2D eigenvalue weighted by atomic mass is 10.2. The normalized spacial score (nSPS) is 9.64. The second kappa shape index (κ2) is 3.95. The lowest BCUT2D eigenvalue weighted by molar-refractivity contribution is 0.0696. The summed E-state index contributed by atoms with van der Waals surface area (Å²) in [7, 11) is 5.02. The van der Waals surface area contributed by atoms with Crippen LogP contribution < -0.4 is 9.64 Å². The molecule has 0 atom stereocenters. The number of carbonyl (C=O) groups is 1. The molecule has 0 unspecified atom stereocenters. The molecule has 1 rings (SSSR count). The third kappa shape index (κ3) is 2.12. The maximum atomic E-state index is 10.7. The molecule has 5 heteroatoms. The van der Waals surface area contributed by atoms with Crippen LogP contribution in [0.4, 0.5) is 5.82 Å². The molecule has 0 bridgehead atoms. The number of nitrogens with zero attached hydrogens (tertiary/aromatic N) is 2. The molecular weight excluding hydrogens is 184 g/mol. The zero-order chi connectivity index (χ0) is 10.7. The molecule has 0 aliphatic heterocycles. The van der Waals surface area contributed by atoms with E-state index in [0.29, 0.717) is 11.7 Å². The van der Waals surface area contributed by atoms with Gasteiger partial charge in [-0.2, -0.15) is 4.98 Å². The van der Waals surface area contributed by atoms with Crippen molar-refractivity contribution in [2.45, 2.75) is 0 Å². The maximum Gasteiger partial charge on any atom is 0.336 e. The van der Waals surface area contributed by atoms with Crippen molar-refractivity contribution in [2.75, 3.05) is 26.1 Å². The Labute approximate surface area is 81.9 Å². The van der Waals surface area contributed by atoms with Gasteiger partial charge in [0, 0.05) is 20.2 Å². The van der Waals surface area contributed by atoms with Crippen molar-refractivity contribution in [3.8, 4) is 5.88 Å². The Morgan fingerprint density at radius 1 is 1.50 bits per heavy atom. The number of rotatable bonds is 3. The van der Waals surface area contributed by atoms with E-state index < -0.39 is 5.97 Å². The second-order valence-corrected chi connectivity index (χ2v) is 2.96. The van der Waals surface area contributed by atoms with Crippen molar-refractivity contribution in [1.82, 2.24) is 4.98 Å². The maximum absolute atomic E-state index is 10.7. The molecule has 0 amide bonds. The largest absolute Gasteiger partial charge is 0.481 e. The van der Waals surface area contributed by atoms with Crippen LogP contribution in [0.2, 0.25) is 0 Å². The topological polar surface area (TPSA) is 62.7 Å². The zero-order valence-electron chi connectivity index (χ0n) is 8.31. The number of ether oxygens (including phenoxy) is 1. The number of methoxy groups -OCH3 is 1. The highest BCUT2D eigenvalue weighted by molar-refractivity contribution is 5.88. The smallest absolute Gasteiger partial charge is 0.336 e. The first-order valence-electron chi connectivity index (χ1n) is 4.01. The van der Waals surface area contributed by atoms with E-state index in [1.54, 1.807) is 19.0 Å². The highest BCUT2D eigenvalue weighted by Crippen LogP contribution is 2.17. The number of hydrogen-bond acceptors (Lipinski definition) is 4. The summed E-state index contributed by atoms with van der Waals surface area (Å²) in [5.74, 6) is -0.135. The van der Waals surface area contributed by atoms with E-state index >= 15 is 0 Å². The molecule has 14 heavy (non-hydrogen) atoms. The second-order valence-electron chi connectivity index (χ2n) is 2.96. The van der Waals surface area contributed by atoms with E-state index in [0.717, 1.165) is 0 Å². The Hall–Kier alpha value is -1.78. The van der Waals surface area contributed by atoms with Gasteiger partial charge in [0.25, 0.3) is 0 Å². The highest BCUT2D eigenvalue weighted by Gasteiger charge is 2.09. The van der Waals surface area contributed by atoms with Crippen LogP contribution in [0.25, 0.3) is 0 Å². The molecular formula is C9H12N2O3. The van der Waals surface area contributed by atoms with Gasteiger partial charge < -0.3 is 14.7 Å². The van der Waals surface area contributed by atoms with E-state index in [4.69, 9.17) is 9.84 Å². The molecule has 1 heterocycles. The monoisotopic (exact) mass is 196 g/mol. The summed E-state index contributed by atoms with van der Waals surface area (Å²) < 4.78 is 4.89. The molecule has 0 fully saturated rings. The molecule has 0 radical (unpaired) electrons. The first kappa shape index (κ1) is 10.3. The van der Waals surface area contributed by atoms with E-state index in [2.05, 4.69) is 4.98 Å². The number of carboxylic acids is 1. The molecule has 1 N–H and O–H groups in total. The van der Waals surface area contributed by atoms with Crippen molar-refractivity contribution in [3.63, 3.8) is 0 Å². The van der Waals surface area contributed by atoms with Gasteiger partial charge in [-0.05, 0) is 6.07 Å². The van der Waals surface area contributed by atoms with Gasteiger partial charge in [-0.15, -0.1) is 0 Å². The summed E-state index contributed by atoms with van der Waals surface area (Å²) in [6, 6.07) is 2.88. The minimum atomic E-state index is -0.992. The standard InChI is InChI=1S/C9H12N2O3/c1-11(2)7-4-6(9(12)13)5-8(10-7)14-3/h4-5H,1-3H3,(H,12,13). The van der Waals surface area contributed by atoms with Crippen LogP contribution in [0.5, 0.6) is 5.88 Å². The van der Waals surface area contributed by atoms with Gasteiger partial charge in [-0.3, -0.25) is 0 Å². The van der Waals surface area contributed by atoms with Crippen LogP contribution in [-0.2, 0) is 0 Å². The molecule has 0 saturated carbocycles. The van der Waals surface area contributed by atoms with Gasteiger partial charge in [-0.1, -0.05) is 0 Å². The zero-order valence-corrected chi connectivity index (χ0v) is 8.31. The predicted octanol–water partition coefficient (Wildman–Crippen LogP) is 0.854. The molecule has 0 aromatic carbocycles. The van der Waals surface area contributed by atoms with E-state index in [1.165, 1.54) is 19.2 Å². The Morgan fingerprint density at radius 3 is 2.57 bits per heavy atom. The quantitative estimate of drug-likeness (QED) is 0.776. The van der Waals surface area contributed by atoms with Crippen LogP contribution in [0.15, 0.2) is 12.1 Å². The Bertz CT molecular complexity index is 350. The summed E-state index contributed by atoms with van der Waals surface area (Å²) in [5, 5.41) is 8.81. The van der Waals surface area contributed by atoms with Crippen LogP contribution in [0.1, 0.15) is 10.4 Å². The van der Waals surface area contributed by atoms with Gasteiger partial charge >= 0.3 is 5.97 Å². The number of hydrogen-bond donors (Lipinski definition) is 1. The first-order chi connectivity index (χ1) is 6.54. The molecule has 5 nitrogen and oxygen atoms in total. The number of aromatic carboxylic acids is 1. The third-order valence-electron chi connectivity index (χ3n) is 1.70. The molecule has 1 aromatic rings. The van der Waals surface area contributed by atoms with E-state index in [-0.39, 0.29) is 5.56 Å². The molecule has 0 aliphatic carbocycles. The van der Waals surface area contributed by atoms with Crippen molar-refractivity contribution in [2.24, 2.45) is 0 Å². The number of carboxylic acid groups (broad SMARTS) is 1. The summed E-state index contributed by atoms with van der Waals surface area (Å²) in [4.78, 5) is 16.5. The Balaban J connectivity index is 3.20. The summed E-state index contributed by atoms with van der Waals surface area (Å²) in [5.41, 5.74) is 0.167. The lowest BCUT2D eigenvalue weighted by Gasteiger charge is -2.12. The average molecular weight is 196 g/mol. The van der Waals surface area contributed by atoms with Crippen molar-refractivity contribution >= 4 is 11.8 Å². The first-order valence-corrected chi connectivity index (χ1v) is 4.01. The lowest BCUT2D eigenvalue weighted by Crippen LogP contribution is -2.12. The van der Waals surface area contributed by atoms with Gasteiger partial charge in [0.2, 0.25) is 5.88 Å². The molecule has 0 aliphatic rings. The molecule has 0 spiro atoms. The van der Waals surface area contributed by atoms with Crippen LogP contribution in [0, 0.1) is 0 Å². The van der Waals surface area contributed by atoms with Gasteiger partial charge in [-0.25, -0.2) is 4.79 Å². The van der Waals surface area contributed by atoms with Crippen LogP contribution in [0.3, 0.4) is 0 Å². The molecule has 1 aromatic heterocycles. The number of anilines is 1. The minimum Gasteiger partial charge on any atom is -0.481 e. The molecule has 0 saturated heterocycles. The average Bonchev–Trinajstić information content (AvgIpc) is 2.16. The fourth-order valence-electron chi connectivity index (χ4n) is 0.948. The Kier molecular flexibility index (Phi) is 2.91. The minimum absolute atomic E-state index is 0.167. The van der Waals surface area contributed by atoms with Crippen molar-refractivity contribution in [3.05, 3.63) is 17.7 Å². The van der Waals surface area contributed by atoms with Gasteiger partial charge in [0.1, 0.15) is 5.82 Å². The summed E-state index contributed by atoms with van der Waals surface area (Å²) in [6.45, 7) is 0. The van der Waals surface area contributed by atoms with Crippen molar-refractivity contribution in [1.29, 1.82) is 0 Å². The van der Waals surface area contributed by atoms with Gasteiger partial charge in [0.15, 0.2) is 0 Å². The fraction of sp³-hybridized carbons (Fsp3) is 0.333. The molecule has 76 valence electrons. The summed E-state index contributed by atoms with van der Waals surface area (Å²) in [6.07, 6.45) is 0. The third-order valence-corrected chi connectivity index (χ3v) is 1.70. The number of aromatic nitrogens is 1. The number of pyridine rings is 1. The van der Waals surface area contributed by atoms with Crippen LogP contribution in [-0.4, -0.2) is 37.3 Å². The SMILES string of the molecule is COc1cc(C(=O)O)cc(N(C)C)n1. The van der Waals surface area contributed by atoms with Crippen molar-refractivity contribution < 1.29 is 14.6 Å². The Morgan fingerprint density at radius 2 is 2.14 bits per heavy atom. The van der Waals surface area contributed by atoms with Gasteiger partial charge in [0.05, 0.1) is 12.7 Å².